The molecule has 1 saturated heterocycles. The van der Waals surface area contributed by atoms with Gasteiger partial charge in [-0.3, -0.25) is 4.79 Å². The third kappa shape index (κ3) is 6.34. The predicted molar refractivity (Wildman–Crippen MR) is 102 cm³/mol. The number of nitrogens with one attached hydrogen (secondary N) is 1. The summed E-state index contributed by atoms with van der Waals surface area (Å²) in [5.41, 5.74) is 0.359. The Bertz CT molecular complexity index is 661. The largest absolute Gasteiger partial charge is 0.493 e. The fraction of sp³-hybridized carbons (Fsp3) is 0.600. The van der Waals surface area contributed by atoms with Crippen LogP contribution < -0.4 is 14.8 Å². The number of carbonyl (C=O) groups is 2. The molecule has 0 atom stereocenters. The monoisotopic (exact) mass is 378 g/mol. The Labute approximate surface area is 161 Å². The van der Waals surface area contributed by atoms with Gasteiger partial charge in [0.25, 0.3) is 0 Å². The Morgan fingerprint density at radius 1 is 1.11 bits per heavy atom. The molecular formula is C20H30N2O5. The van der Waals surface area contributed by atoms with Gasteiger partial charge >= 0.3 is 6.09 Å². The maximum atomic E-state index is 12.3. The van der Waals surface area contributed by atoms with E-state index in [-0.39, 0.29) is 24.5 Å². The summed E-state index contributed by atoms with van der Waals surface area (Å²) in [5.74, 6) is 1.20. The van der Waals surface area contributed by atoms with Crippen molar-refractivity contribution in [1.29, 1.82) is 0 Å². The normalized spacial score (nSPS) is 15.2. The molecule has 1 heterocycles. The number of benzene rings is 1. The quantitative estimate of drug-likeness (QED) is 0.853. The molecule has 2 amide bonds. The van der Waals surface area contributed by atoms with Gasteiger partial charge in [0.15, 0.2) is 11.5 Å². The van der Waals surface area contributed by atoms with E-state index in [0.29, 0.717) is 24.6 Å². The lowest BCUT2D eigenvalue weighted by Gasteiger charge is -2.33. The molecule has 7 heteroatoms. The molecule has 1 N–H and O–H groups in total. The number of hydrogen-bond donors (Lipinski definition) is 1. The molecule has 1 aromatic carbocycles. The van der Waals surface area contributed by atoms with Gasteiger partial charge in [-0.05, 0) is 51.3 Å². The van der Waals surface area contributed by atoms with E-state index in [4.69, 9.17) is 14.2 Å². The summed E-state index contributed by atoms with van der Waals surface area (Å²) in [6.07, 6.45) is 1.41. The summed E-state index contributed by atoms with van der Waals surface area (Å²) >= 11 is 0. The van der Waals surface area contributed by atoms with Crippen LogP contribution >= 0.6 is 0 Å². The van der Waals surface area contributed by atoms with Crippen molar-refractivity contribution < 1.29 is 23.8 Å². The van der Waals surface area contributed by atoms with Gasteiger partial charge in [0.05, 0.1) is 20.6 Å². The number of nitrogens with zero attached hydrogens (tertiary/aromatic N) is 1. The first-order chi connectivity index (χ1) is 12.7. The molecule has 0 saturated carbocycles. The first kappa shape index (κ1) is 20.9. The minimum atomic E-state index is -0.498. The number of carbonyl (C=O) groups excluding carboxylic acids is 2. The zero-order valence-corrected chi connectivity index (χ0v) is 16.8. The highest BCUT2D eigenvalue weighted by Crippen LogP contribution is 2.27. The van der Waals surface area contributed by atoms with E-state index >= 15 is 0 Å². The van der Waals surface area contributed by atoms with Crippen molar-refractivity contribution >= 4 is 12.0 Å². The third-order valence-electron chi connectivity index (χ3n) is 4.32. The van der Waals surface area contributed by atoms with E-state index in [0.717, 1.165) is 18.4 Å². The van der Waals surface area contributed by atoms with Crippen LogP contribution in [0.15, 0.2) is 18.2 Å². The lowest BCUT2D eigenvalue weighted by atomic mass is 10.0. The van der Waals surface area contributed by atoms with Crippen LogP contribution in [-0.4, -0.2) is 55.9 Å². The maximum Gasteiger partial charge on any atom is 0.410 e. The van der Waals surface area contributed by atoms with Crippen molar-refractivity contribution in [1.82, 2.24) is 10.2 Å². The van der Waals surface area contributed by atoms with Crippen molar-refractivity contribution in [2.45, 2.75) is 51.7 Å². The molecule has 1 fully saturated rings. The van der Waals surface area contributed by atoms with Gasteiger partial charge in [0.2, 0.25) is 5.91 Å². The van der Waals surface area contributed by atoms with Crippen LogP contribution in [0.4, 0.5) is 4.79 Å². The van der Waals surface area contributed by atoms with Gasteiger partial charge < -0.3 is 24.4 Å². The number of methoxy groups -OCH3 is 2. The zero-order valence-electron chi connectivity index (χ0n) is 16.8. The summed E-state index contributed by atoms with van der Waals surface area (Å²) in [7, 11) is 3.15. The first-order valence-corrected chi connectivity index (χ1v) is 9.20. The first-order valence-electron chi connectivity index (χ1n) is 9.20. The molecule has 1 aliphatic rings. The summed E-state index contributed by atoms with van der Waals surface area (Å²) < 4.78 is 15.9. The lowest BCUT2D eigenvalue weighted by molar-refractivity contribution is -0.121. The molecule has 150 valence electrons. The zero-order chi connectivity index (χ0) is 20.0. The van der Waals surface area contributed by atoms with Crippen LogP contribution in [-0.2, 0) is 16.0 Å². The van der Waals surface area contributed by atoms with Gasteiger partial charge in [-0.15, -0.1) is 0 Å². The minimum Gasteiger partial charge on any atom is -0.493 e. The average molecular weight is 378 g/mol. The summed E-state index contributed by atoms with van der Waals surface area (Å²) in [4.78, 5) is 26.1. The molecule has 0 aromatic heterocycles. The molecule has 0 aliphatic carbocycles. The van der Waals surface area contributed by atoms with E-state index in [1.54, 1.807) is 25.2 Å². The summed E-state index contributed by atoms with van der Waals surface area (Å²) in [6, 6.07) is 5.52. The van der Waals surface area contributed by atoms with Crippen LogP contribution in [0.3, 0.4) is 0 Å². The molecule has 0 radical (unpaired) electrons. The highest BCUT2D eigenvalue weighted by molar-refractivity contribution is 5.79. The van der Waals surface area contributed by atoms with Crippen molar-refractivity contribution in [2.75, 3.05) is 27.3 Å². The van der Waals surface area contributed by atoms with Crippen molar-refractivity contribution in [3.05, 3.63) is 23.8 Å². The van der Waals surface area contributed by atoms with Crippen molar-refractivity contribution in [3.63, 3.8) is 0 Å². The second kappa shape index (κ2) is 8.97. The van der Waals surface area contributed by atoms with Crippen LogP contribution in [0.1, 0.15) is 39.2 Å². The highest BCUT2D eigenvalue weighted by atomic mass is 16.6. The lowest BCUT2D eigenvalue weighted by Crippen LogP contribution is -2.48. The topological polar surface area (TPSA) is 77.1 Å². The fourth-order valence-electron chi connectivity index (χ4n) is 2.99. The Morgan fingerprint density at radius 3 is 2.30 bits per heavy atom. The predicted octanol–water partition coefficient (Wildman–Crippen LogP) is 2.76. The van der Waals surface area contributed by atoms with Crippen LogP contribution in [0.25, 0.3) is 0 Å². The Morgan fingerprint density at radius 2 is 1.74 bits per heavy atom. The smallest absolute Gasteiger partial charge is 0.410 e. The van der Waals surface area contributed by atoms with Crippen molar-refractivity contribution in [3.8, 4) is 11.5 Å². The van der Waals surface area contributed by atoms with Crippen molar-refractivity contribution in [2.24, 2.45) is 0 Å². The molecule has 7 nitrogen and oxygen atoms in total. The van der Waals surface area contributed by atoms with Crippen LogP contribution in [0.2, 0.25) is 0 Å². The number of hydrogen-bond acceptors (Lipinski definition) is 5. The van der Waals surface area contributed by atoms with Crippen LogP contribution in [0, 0.1) is 0 Å². The van der Waals surface area contributed by atoms with E-state index in [9.17, 15) is 9.59 Å². The second-order valence-electron chi connectivity index (χ2n) is 7.68. The van der Waals surface area contributed by atoms with Gasteiger partial charge in [-0.2, -0.15) is 0 Å². The second-order valence-corrected chi connectivity index (χ2v) is 7.68. The number of ether oxygens (including phenoxy) is 3. The number of amides is 2. The highest BCUT2D eigenvalue weighted by Gasteiger charge is 2.27. The van der Waals surface area contributed by atoms with Crippen LogP contribution in [0.5, 0.6) is 11.5 Å². The van der Waals surface area contributed by atoms with E-state index in [1.165, 1.54) is 0 Å². The molecule has 1 aromatic rings. The molecule has 27 heavy (non-hydrogen) atoms. The number of likely N-dealkylation sites (tertiary alicyclic amines) is 1. The van der Waals surface area contributed by atoms with E-state index in [2.05, 4.69) is 5.32 Å². The molecule has 0 unspecified atom stereocenters. The third-order valence-corrected chi connectivity index (χ3v) is 4.32. The van der Waals surface area contributed by atoms with E-state index < -0.39 is 5.60 Å². The number of piperidine rings is 1. The van der Waals surface area contributed by atoms with Gasteiger partial charge in [-0.1, -0.05) is 6.07 Å². The Balaban J connectivity index is 1.82. The molecular weight excluding hydrogens is 348 g/mol. The standard InChI is InChI=1S/C20H30N2O5/c1-20(2,3)27-19(24)22-10-8-15(9-11-22)21-18(23)13-14-6-7-16(25-4)17(12-14)26-5/h6-7,12,15H,8-11,13H2,1-5H3,(H,21,23). The number of rotatable bonds is 5. The minimum absolute atomic E-state index is 0.0436. The molecule has 2 rings (SSSR count). The molecule has 1 aliphatic heterocycles. The maximum absolute atomic E-state index is 12.3. The molecule has 0 spiro atoms. The van der Waals surface area contributed by atoms with E-state index in [1.807, 2.05) is 32.9 Å². The average Bonchev–Trinajstić information content (AvgIpc) is 2.60. The molecule has 0 bridgehead atoms. The van der Waals surface area contributed by atoms with Gasteiger partial charge in [-0.25, -0.2) is 4.79 Å². The Kier molecular flexibility index (Phi) is 6.93. The fourth-order valence-corrected chi connectivity index (χ4v) is 2.99. The van der Waals surface area contributed by atoms with Gasteiger partial charge in [0, 0.05) is 19.1 Å². The van der Waals surface area contributed by atoms with Gasteiger partial charge in [0.1, 0.15) is 5.60 Å². The Hall–Kier alpha value is -2.44. The SMILES string of the molecule is COc1ccc(CC(=O)NC2CCN(C(=O)OC(C)(C)C)CC2)cc1OC. The summed E-state index contributed by atoms with van der Waals surface area (Å²) in [5, 5.41) is 3.05. The summed E-state index contributed by atoms with van der Waals surface area (Å²) in [6.45, 7) is 6.72.